The highest BCUT2D eigenvalue weighted by Crippen LogP contribution is 2.31. The molecule has 0 aliphatic rings. The summed E-state index contributed by atoms with van der Waals surface area (Å²) in [5.74, 6) is -1.34. The van der Waals surface area contributed by atoms with Gasteiger partial charge in [-0.1, -0.05) is 56.1 Å². The zero-order chi connectivity index (χ0) is 36.5. The highest BCUT2D eigenvalue weighted by Gasteiger charge is 2.22. The van der Waals surface area contributed by atoms with Gasteiger partial charge in [-0.15, -0.1) is 0 Å². The van der Waals surface area contributed by atoms with Gasteiger partial charge in [-0.3, -0.25) is 14.7 Å². The van der Waals surface area contributed by atoms with E-state index in [4.69, 9.17) is 27.9 Å². The van der Waals surface area contributed by atoms with Gasteiger partial charge in [0.2, 0.25) is 0 Å². The van der Waals surface area contributed by atoms with Gasteiger partial charge in [-0.25, -0.2) is 18.7 Å². The van der Waals surface area contributed by atoms with Crippen molar-refractivity contribution in [3.05, 3.63) is 127 Å². The van der Waals surface area contributed by atoms with Gasteiger partial charge in [0.05, 0.1) is 27.7 Å². The van der Waals surface area contributed by atoms with E-state index in [0.717, 1.165) is 0 Å². The van der Waals surface area contributed by atoms with Crippen molar-refractivity contribution in [3.8, 4) is 22.9 Å². The molecule has 2 heterocycles. The summed E-state index contributed by atoms with van der Waals surface area (Å²) in [4.78, 5) is 38.1. The molecule has 14 heteroatoms. The van der Waals surface area contributed by atoms with Gasteiger partial charge in [0.1, 0.15) is 34.8 Å². The number of aromatic hydroxyl groups is 1. The number of anilines is 1. The first-order valence-corrected chi connectivity index (χ1v) is 16.1. The number of phenols is 1. The second-order valence-electron chi connectivity index (χ2n) is 12.6. The number of nitrogens with one attached hydrogen (secondary N) is 2. The van der Waals surface area contributed by atoms with Crippen molar-refractivity contribution >= 4 is 41.0 Å². The molecule has 0 aliphatic heterocycles. The number of carboxylic acids is 1. The number of aromatic nitrogens is 3. The number of nitrogens with zero attached hydrogens (tertiary/aromatic N) is 3. The summed E-state index contributed by atoms with van der Waals surface area (Å²) in [7, 11) is 0. The Kier molecular flexibility index (Phi) is 10.3. The lowest BCUT2D eigenvalue weighted by molar-refractivity contribution is 0.0696. The molecule has 3 aromatic carbocycles. The van der Waals surface area contributed by atoms with Crippen LogP contribution in [0.5, 0.6) is 11.5 Å². The molecule has 0 spiro atoms. The van der Waals surface area contributed by atoms with Crippen molar-refractivity contribution in [1.82, 2.24) is 19.7 Å². The summed E-state index contributed by atoms with van der Waals surface area (Å²) in [6.07, 6.45) is 0. The molecule has 0 aliphatic carbocycles. The van der Waals surface area contributed by atoms with Crippen LogP contribution in [0.1, 0.15) is 59.2 Å². The largest absolute Gasteiger partial charge is 0.506 e. The molecule has 2 amide bonds. The topological polar surface area (TPSA) is 148 Å². The van der Waals surface area contributed by atoms with Crippen LogP contribution in [-0.4, -0.2) is 36.6 Å². The molecule has 2 aromatic heterocycles. The first-order valence-electron chi connectivity index (χ1n) is 15.3. The zero-order valence-corrected chi connectivity index (χ0v) is 29.3. The fraction of sp³-hybridized carbons (Fsp3) is 0.222. The van der Waals surface area contributed by atoms with Gasteiger partial charge >= 0.3 is 12.0 Å². The normalized spacial score (nSPS) is 11.4. The fourth-order valence-electron chi connectivity index (χ4n) is 5.12. The molecule has 0 atom stereocenters. The van der Waals surface area contributed by atoms with Crippen molar-refractivity contribution in [1.29, 1.82) is 0 Å². The van der Waals surface area contributed by atoms with E-state index in [9.17, 15) is 29.0 Å². The molecule has 0 saturated heterocycles. The first-order chi connectivity index (χ1) is 23.5. The molecule has 0 bridgehead atoms. The van der Waals surface area contributed by atoms with Crippen molar-refractivity contribution in [2.24, 2.45) is 0 Å². The van der Waals surface area contributed by atoms with E-state index in [2.05, 4.69) is 15.7 Å². The number of aromatic carboxylic acids is 1. The zero-order valence-electron chi connectivity index (χ0n) is 27.8. The second-order valence-corrected chi connectivity index (χ2v) is 13.4. The van der Waals surface area contributed by atoms with Crippen LogP contribution in [0.2, 0.25) is 10.0 Å². The Labute approximate surface area is 296 Å². The lowest BCUT2D eigenvalue weighted by Crippen LogP contribution is -2.29. The minimum Gasteiger partial charge on any atom is -0.506 e. The second kappa shape index (κ2) is 14.3. The van der Waals surface area contributed by atoms with E-state index in [1.807, 2.05) is 20.8 Å². The van der Waals surface area contributed by atoms with E-state index < -0.39 is 23.4 Å². The number of carbonyl (C=O) groups is 2. The van der Waals surface area contributed by atoms with Crippen molar-refractivity contribution < 1.29 is 28.9 Å². The number of hydrogen-bond donors (Lipinski definition) is 4. The van der Waals surface area contributed by atoms with Crippen LogP contribution in [0.4, 0.5) is 15.0 Å². The third-order valence-electron chi connectivity index (χ3n) is 7.88. The van der Waals surface area contributed by atoms with Crippen molar-refractivity contribution in [3.63, 3.8) is 0 Å². The molecule has 0 unspecified atom stereocenters. The van der Waals surface area contributed by atoms with Crippen LogP contribution in [-0.2, 0) is 18.6 Å². The maximum absolute atomic E-state index is 14.4. The van der Waals surface area contributed by atoms with Gasteiger partial charge in [0, 0.05) is 29.8 Å². The Bertz CT molecular complexity index is 2190. The summed E-state index contributed by atoms with van der Waals surface area (Å²) in [6, 6.07) is 15.7. The Morgan fingerprint density at radius 1 is 0.980 bits per heavy atom. The smallest absolute Gasteiger partial charge is 0.335 e. The Morgan fingerprint density at radius 3 is 2.40 bits per heavy atom. The predicted octanol–water partition coefficient (Wildman–Crippen LogP) is 7.69. The summed E-state index contributed by atoms with van der Waals surface area (Å²) in [6.45, 7) is 9.14. The number of phenolic OH excluding ortho intramolecular Hbond substituents is 1. The number of hydrogen-bond acceptors (Lipinski definition) is 6. The van der Waals surface area contributed by atoms with Crippen LogP contribution in [0.25, 0.3) is 11.4 Å². The molecule has 0 fully saturated rings. The number of halogens is 3. The summed E-state index contributed by atoms with van der Waals surface area (Å²) < 4.78 is 23.1. The van der Waals surface area contributed by atoms with Crippen LogP contribution in [0, 0.1) is 19.7 Å². The number of urea groups is 1. The van der Waals surface area contributed by atoms with E-state index in [1.165, 1.54) is 51.7 Å². The summed E-state index contributed by atoms with van der Waals surface area (Å²) in [5, 5.41) is 29.4. The molecule has 5 aromatic rings. The number of aryl methyl sites for hydroxylation is 2. The molecular weight excluding hydrogens is 688 g/mol. The van der Waals surface area contributed by atoms with E-state index in [0.29, 0.717) is 45.3 Å². The quantitative estimate of drug-likeness (QED) is 0.122. The van der Waals surface area contributed by atoms with Crippen molar-refractivity contribution in [2.45, 2.75) is 53.2 Å². The molecule has 0 radical (unpaired) electrons. The molecule has 5 rings (SSSR count). The maximum Gasteiger partial charge on any atom is 0.335 e. The van der Waals surface area contributed by atoms with Crippen LogP contribution >= 0.6 is 23.2 Å². The monoisotopic (exact) mass is 721 g/mol. The molecule has 4 N–H and O–H groups in total. The predicted molar refractivity (Wildman–Crippen MR) is 189 cm³/mol. The highest BCUT2D eigenvalue weighted by molar-refractivity contribution is 6.32. The summed E-state index contributed by atoms with van der Waals surface area (Å²) in [5.41, 5.74) is 2.67. The van der Waals surface area contributed by atoms with Gasteiger partial charge in [0.25, 0.3) is 5.56 Å². The molecule has 260 valence electrons. The van der Waals surface area contributed by atoms with E-state index in [-0.39, 0.29) is 45.7 Å². The number of ether oxygens (including phenoxy) is 1. The Hall–Kier alpha value is -5.33. The van der Waals surface area contributed by atoms with Gasteiger partial charge < -0.3 is 20.3 Å². The van der Waals surface area contributed by atoms with Gasteiger partial charge in [-0.05, 0) is 73.0 Å². The number of benzene rings is 3. The van der Waals surface area contributed by atoms with Crippen LogP contribution in [0.15, 0.2) is 71.5 Å². The average molecular weight is 723 g/mol. The van der Waals surface area contributed by atoms with Crippen LogP contribution in [0.3, 0.4) is 0 Å². The molecule has 50 heavy (non-hydrogen) atoms. The van der Waals surface area contributed by atoms with Crippen LogP contribution < -0.4 is 20.9 Å². The number of carbonyl (C=O) groups excluding carboxylic acids is 1. The number of amides is 2. The number of rotatable bonds is 9. The average Bonchev–Trinajstić information content (AvgIpc) is 3.48. The lowest BCUT2D eigenvalue weighted by atomic mass is 9.92. The lowest BCUT2D eigenvalue weighted by Gasteiger charge is -2.17. The molecule has 0 saturated carbocycles. The maximum atomic E-state index is 14.4. The Morgan fingerprint density at radius 2 is 1.72 bits per heavy atom. The first kappa shape index (κ1) is 36.0. The summed E-state index contributed by atoms with van der Waals surface area (Å²) >= 11 is 12.6. The molecule has 11 nitrogen and oxygen atoms in total. The SMILES string of the molecule is Cc1ccc(C(=O)O)cc1-n1c(C)cc(OCc2ccc(F)cc2CNC(=O)Nc2cc(C(C)(C)C)nn2-c2ccc(O)c(Cl)c2)c(Cl)c1=O. The third-order valence-corrected chi connectivity index (χ3v) is 8.53. The van der Waals surface area contributed by atoms with E-state index in [1.54, 1.807) is 38.1 Å². The molecular formula is C36H34Cl2FN5O6. The van der Waals surface area contributed by atoms with Gasteiger partial charge in [-0.2, -0.15) is 5.10 Å². The minimum atomic E-state index is -1.13. The van der Waals surface area contributed by atoms with Crippen molar-refractivity contribution in [2.75, 3.05) is 5.32 Å². The number of pyridine rings is 1. The van der Waals surface area contributed by atoms with E-state index >= 15 is 0 Å². The standard InChI is InChI=1S/C36H34Cl2FN5O6/c1-19-6-7-21(34(47)48)14-27(19)43-20(2)12-29(32(38)33(43)46)50-18-22-8-9-24(39)13-23(22)17-40-35(49)41-31-16-30(36(3,4)5)42-44(31)25-10-11-28(45)26(37)15-25/h6-16,45H,17-18H2,1-5H3,(H,47,48)(H2,40,41,49). The minimum absolute atomic E-state index is 0.0158. The van der Waals surface area contributed by atoms with Gasteiger partial charge in [0.15, 0.2) is 0 Å². The highest BCUT2D eigenvalue weighted by atomic mass is 35.5. The number of carboxylic acid groups (broad SMARTS) is 1. The third kappa shape index (κ3) is 7.77. The fourth-order valence-corrected chi connectivity index (χ4v) is 5.49. The Balaban J connectivity index is 1.34.